The maximum atomic E-state index is 11.9. The van der Waals surface area contributed by atoms with Crippen LogP contribution in [0.3, 0.4) is 0 Å². The van der Waals surface area contributed by atoms with Crippen LogP contribution in [0.15, 0.2) is 0 Å². The van der Waals surface area contributed by atoms with Gasteiger partial charge < -0.3 is 0 Å². The third-order valence-electron chi connectivity index (χ3n) is 1.83. The molecule has 60 valence electrons. The molecular weight excluding hydrogens is 209 g/mol. The van der Waals surface area contributed by atoms with E-state index in [1.165, 1.54) is 0 Å². The van der Waals surface area contributed by atoms with E-state index in [2.05, 4.69) is 15.9 Å². The molecule has 1 fully saturated rings. The molecule has 0 aromatic carbocycles. The molecule has 0 N–H and O–H groups in total. The first-order chi connectivity index (χ1) is 4.50. The van der Waals surface area contributed by atoms with E-state index in [-0.39, 0.29) is 11.2 Å². The van der Waals surface area contributed by atoms with Gasteiger partial charge in [-0.1, -0.05) is 15.9 Å². The minimum absolute atomic E-state index is 0.0825. The topological polar surface area (TPSA) is 0 Å². The Bertz CT molecular complexity index is 121. The fraction of sp³-hybridized carbons (Fsp3) is 1.00. The van der Waals surface area contributed by atoms with Crippen molar-refractivity contribution in [2.75, 3.05) is 0 Å². The van der Waals surface area contributed by atoms with Crippen LogP contribution >= 0.6 is 15.9 Å². The van der Waals surface area contributed by atoms with Crippen molar-refractivity contribution >= 4 is 15.9 Å². The second-order valence-corrected chi connectivity index (χ2v) is 3.94. The number of hydrogen-bond donors (Lipinski definition) is 0. The van der Waals surface area contributed by atoms with Crippen molar-refractivity contribution in [2.45, 2.75) is 30.3 Å². The molecule has 4 heteroatoms. The fourth-order valence-electron chi connectivity index (χ4n) is 1.22. The van der Waals surface area contributed by atoms with Crippen molar-refractivity contribution in [3.8, 4) is 0 Å². The molecule has 1 aliphatic carbocycles. The van der Waals surface area contributed by atoms with Crippen LogP contribution in [0.2, 0.25) is 0 Å². The minimum atomic E-state index is -3.97. The normalized spacial score (nSPS) is 34.8. The number of halogens is 4. The Hall–Kier alpha value is 0.270. The molecule has 0 aromatic rings. The Morgan fingerprint density at radius 1 is 1.20 bits per heavy atom. The van der Waals surface area contributed by atoms with Crippen LogP contribution in [0.25, 0.3) is 0 Å². The fourth-order valence-corrected chi connectivity index (χ4v) is 1.94. The van der Waals surface area contributed by atoms with Gasteiger partial charge in [0, 0.05) is 4.83 Å². The molecule has 0 unspecified atom stereocenters. The van der Waals surface area contributed by atoms with Gasteiger partial charge in [-0.2, -0.15) is 13.2 Å². The Morgan fingerprint density at radius 3 is 2.00 bits per heavy atom. The van der Waals surface area contributed by atoms with Crippen molar-refractivity contribution in [1.82, 2.24) is 0 Å². The van der Waals surface area contributed by atoms with Crippen molar-refractivity contribution in [2.24, 2.45) is 5.92 Å². The van der Waals surface area contributed by atoms with Crippen LogP contribution in [0.1, 0.15) is 19.3 Å². The number of rotatable bonds is 0. The summed E-state index contributed by atoms with van der Waals surface area (Å²) in [5.41, 5.74) is 0. The molecular formula is C6H8BrF3. The Labute approximate surface area is 65.9 Å². The van der Waals surface area contributed by atoms with Crippen LogP contribution in [-0.4, -0.2) is 11.0 Å². The SMILES string of the molecule is FC(F)(F)[C@H]1CC[C@@H](Br)C1. The van der Waals surface area contributed by atoms with Crippen molar-refractivity contribution < 1.29 is 13.2 Å². The highest BCUT2D eigenvalue weighted by atomic mass is 79.9. The predicted molar refractivity (Wildman–Crippen MR) is 36.1 cm³/mol. The predicted octanol–water partition coefficient (Wildman–Crippen LogP) is 3.11. The van der Waals surface area contributed by atoms with Gasteiger partial charge in [-0.15, -0.1) is 0 Å². The van der Waals surface area contributed by atoms with E-state index in [0.717, 1.165) is 0 Å². The molecule has 0 aromatic heterocycles. The molecule has 0 bridgehead atoms. The molecule has 0 saturated heterocycles. The van der Waals surface area contributed by atoms with Gasteiger partial charge in [0.15, 0.2) is 0 Å². The molecule has 0 nitrogen and oxygen atoms in total. The summed E-state index contributed by atoms with van der Waals surface area (Å²) in [5, 5.41) is 0. The van der Waals surface area contributed by atoms with Crippen molar-refractivity contribution in [3.63, 3.8) is 0 Å². The lowest BCUT2D eigenvalue weighted by Gasteiger charge is -2.12. The summed E-state index contributed by atoms with van der Waals surface area (Å²) in [6.45, 7) is 0. The van der Waals surface area contributed by atoms with E-state index in [4.69, 9.17) is 0 Å². The van der Waals surface area contributed by atoms with E-state index in [1.807, 2.05) is 0 Å². The molecule has 0 radical (unpaired) electrons. The summed E-state index contributed by atoms with van der Waals surface area (Å²) < 4.78 is 35.7. The minimum Gasteiger partial charge on any atom is -0.171 e. The molecule has 0 aliphatic heterocycles. The summed E-state index contributed by atoms with van der Waals surface area (Å²) in [7, 11) is 0. The van der Waals surface area contributed by atoms with Crippen LogP contribution in [0, 0.1) is 5.92 Å². The van der Waals surface area contributed by atoms with Crippen molar-refractivity contribution in [1.29, 1.82) is 0 Å². The number of hydrogen-bond acceptors (Lipinski definition) is 0. The van der Waals surface area contributed by atoms with Gasteiger partial charge in [0.2, 0.25) is 0 Å². The molecule has 0 heterocycles. The van der Waals surface area contributed by atoms with Crippen LogP contribution in [-0.2, 0) is 0 Å². The first kappa shape index (κ1) is 8.37. The molecule has 2 atom stereocenters. The van der Waals surface area contributed by atoms with Gasteiger partial charge in [0.1, 0.15) is 0 Å². The molecule has 0 spiro atoms. The Balaban J connectivity index is 2.45. The molecule has 1 aliphatic rings. The summed E-state index contributed by atoms with van der Waals surface area (Å²) in [6, 6.07) is 0. The second-order valence-electron chi connectivity index (χ2n) is 2.65. The van der Waals surface area contributed by atoms with E-state index in [0.29, 0.717) is 12.8 Å². The maximum Gasteiger partial charge on any atom is 0.391 e. The smallest absolute Gasteiger partial charge is 0.171 e. The summed E-state index contributed by atoms with van der Waals surface area (Å²) >= 11 is 3.17. The maximum absolute atomic E-state index is 11.9. The second kappa shape index (κ2) is 2.72. The zero-order chi connectivity index (χ0) is 7.78. The largest absolute Gasteiger partial charge is 0.391 e. The van der Waals surface area contributed by atoms with Gasteiger partial charge in [0.05, 0.1) is 5.92 Å². The van der Waals surface area contributed by atoms with Gasteiger partial charge in [-0.25, -0.2) is 0 Å². The molecule has 0 amide bonds. The average Bonchev–Trinajstić information content (AvgIpc) is 2.11. The van der Waals surface area contributed by atoms with E-state index < -0.39 is 12.1 Å². The lowest BCUT2D eigenvalue weighted by atomic mass is 10.1. The van der Waals surface area contributed by atoms with Crippen LogP contribution < -0.4 is 0 Å². The standard InChI is InChI=1S/C6H8BrF3/c7-5-2-1-4(3-5)6(8,9)10/h4-5H,1-3H2/t4-,5+/m0/s1. The third-order valence-corrected chi connectivity index (χ3v) is 2.66. The quantitative estimate of drug-likeness (QED) is 0.547. The number of alkyl halides is 4. The van der Waals surface area contributed by atoms with Crippen LogP contribution in [0.5, 0.6) is 0 Å². The zero-order valence-corrected chi connectivity index (χ0v) is 6.87. The molecule has 10 heavy (non-hydrogen) atoms. The molecule has 1 saturated carbocycles. The average molecular weight is 217 g/mol. The highest BCUT2D eigenvalue weighted by molar-refractivity contribution is 9.09. The van der Waals surface area contributed by atoms with Gasteiger partial charge in [0.25, 0.3) is 0 Å². The first-order valence-electron chi connectivity index (χ1n) is 3.21. The monoisotopic (exact) mass is 216 g/mol. The van der Waals surface area contributed by atoms with Crippen LogP contribution in [0.4, 0.5) is 13.2 Å². The highest BCUT2D eigenvalue weighted by Gasteiger charge is 2.43. The summed E-state index contributed by atoms with van der Waals surface area (Å²) in [5.74, 6) is -1.06. The van der Waals surface area contributed by atoms with Gasteiger partial charge >= 0.3 is 6.18 Å². The van der Waals surface area contributed by atoms with E-state index in [9.17, 15) is 13.2 Å². The summed E-state index contributed by atoms with van der Waals surface area (Å²) in [4.78, 5) is 0.0825. The van der Waals surface area contributed by atoms with Gasteiger partial charge in [-0.05, 0) is 19.3 Å². The lowest BCUT2D eigenvalue weighted by Crippen LogP contribution is -2.19. The Morgan fingerprint density at radius 2 is 1.80 bits per heavy atom. The van der Waals surface area contributed by atoms with E-state index in [1.54, 1.807) is 0 Å². The van der Waals surface area contributed by atoms with E-state index >= 15 is 0 Å². The first-order valence-corrected chi connectivity index (χ1v) is 4.12. The molecule has 1 rings (SSSR count). The van der Waals surface area contributed by atoms with Gasteiger partial charge in [-0.3, -0.25) is 0 Å². The highest BCUT2D eigenvalue weighted by Crippen LogP contribution is 2.41. The zero-order valence-electron chi connectivity index (χ0n) is 5.29. The lowest BCUT2D eigenvalue weighted by molar-refractivity contribution is -0.172. The third kappa shape index (κ3) is 1.87. The Kier molecular flexibility index (Phi) is 2.28. The van der Waals surface area contributed by atoms with Crippen molar-refractivity contribution in [3.05, 3.63) is 0 Å². The summed E-state index contributed by atoms with van der Waals surface area (Å²) in [6.07, 6.45) is -2.77.